The Morgan fingerprint density at radius 2 is 1.70 bits per heavy atom. The Morgan fingerprint density at radius 3 is 2.33 bits per heavy atom. The lowest BCUT2D eigenvalue weighted by atomic mass is 10.1. The molecular formula is C21H25N3O5S. The normalized spacial score (nSPS) is 15.1. The molecule has 0 atom stereocenters. The number of amides is 1. The van der Waals surface area contributed by atoms with Gasteiger partial charge in [0.25, 0.3) is 5.91 Å². The predicted molar refractivity (Wildman–Crippen MR) is 111 cm³/mol. The number of hydrogen-bond acceptors (Lipinski definition) is 6. The van der Waals surface area contributed by atoms with Crippen LogP contribution in [0.3, 0.4) is 0 Å². The molecule has 1 heterocycles. The van der Waals surface area contributed by atoms with Crippen molar-refractivity contribution >= 4 is 21.9 Å². The maximum atomic E-state index is 12.4. The molecule has 1 aliphatic heterocycles. The number of aryl methyl sites for hydroxylation is 1. The van der Waals surface area contributed by atoms with Crippen molar-refractivity contribution in [3.8, 4) is 0 Å². The number of ether oxygens (including phenoxy) is 1. The topological polar surface area (TPSA) is 110 Å². The van der Waals surface area contributed by atoms with Crippen molar-refractivity contribution in [1.29, 1.82) is 0 Å². The second-order valence-electron chi connectivity index (χ2n) is 7.24. The number of hydrogen-bond donors (Lipinski definition) is 1. The number of esters is 1. The summed E-state index contributed by atoms with van der Waals surface area (Å²) in [5, 5.41) is 5.11. The Kier molecular flexibility index (Phi) is 6.86. The highest BCUT2D eigenvalue weighted by atomic mass is 32.2. The van der Waals surface area contributed by atoms with E-state index in [0.717, 1.165) is 19.6 Å². The van der Waals surface area contributed by atoms with E-state index in [1.807, 2.05) is 18.2 Å². The second kappa shape index (κ2) is 9.38. The average Bonchev–Trinajstić information content (AvgIpc) is 2.72. The minimum absolute atomic E-state index is 0.0713. The average molecular weight is 432 g/mol. The van der Waals surface area contributed by atoms with Gasteiger partial charge < -0.3 is 9.64 Å². The van der Waals surface area contributed by atoms with Crippen LogP contribution in [0.5, 0.6) is 0 Å². The zero-order valence-electron chi connectivity index (χ0n) is 16.8. The number of piperazine rings is 1. The maximum Gasteiger partial charge on any atom is 0.338 e. The van der Waals surface area contributed by atoms with E-state index in [9.17, 15) is 18.0 Å². The van der Waals surface area contributed by atoms with Gasteiger partial charge in [0.05, 0.1) is 10.5 Å². The first kappa shape index (κ1) is 21.9. The van der Waals surface area contributed by atoms with Crippen LogP contribution in [-0.4, -0.2) is 62.9 Å². The van der Waals surface area contributed by atoms with E-state index in [0.29, 0.717) is 18.7 Å². The number of primary sulfonamides is 1. The molecule has 160 valence electrons. The van der Waals surface area contributed by atoms with Crippen molar-refractivity contribution in [3.63, 3.8) is 0 Å². The summed E-state index contributed by atoms with van der Waals surface area (Å²) in [5.41, 5.74) is 1.83. The summed E-state index contributed by atoms with van der Waals surface area (Å²) < 4.78 is 28.1. The third-order valence-electron chi connectivity index (χ3n) is 5.06. The lowest BCUT2D eigenvalue weighted by Crippen LogP contribution is -2.49. The van der Waals surface area contributed by atoms with Crippen molar-refractivity contribution in [2.75, 3.05) is 32.8 Å². The Bertz CT molecular complexity index is 1020. The van der Waals surface area contributed by atoms with Crippen LogP contribution in [0.25, 0.3) is 0 Å². The van der Waals surface area contributed by atoms with Crippen LogP contribution in [0.4, 0.5) is 0 Å². The van der Waals surface area contributed by atoms with Gasteiger partial charge in [0.15, 0.2) is 6.61 Å². The van der Waals surface area contributed by atoms with Crippen LogP contribution in [0.15, 0.2) is 53.4 Å². The molecule has 0 unspecified atom stereocenters. The van der Waals surface area contributed by atoms with Crippen molar-refractivity contribution < 1.29 is 22.7 Å². The molecule has 2 N–H and O–H groups in total. The maximum absolute atomic E-state index is 12.4. The summed E-state index contributed by atoms with van der Waals surface area (Å²) in [5.74, 6) is -1.03. The van der Waals surface area contributed by atoms with Crippen LogP contribution >= 0.6 is 0 Å². The number of carbonyl (C=O) groups excluding carboxylic acids is 2. The van der Waals surface area contributed by atoms with E-state index < -0.39 is 22.6 Å². The van der Waals surface area contributed by atoms with Crippen LogP contribution < -0.4 is 5.14 Å². The van der Waals surface area contributed by atoms with Crippen LogP contribution in [-0.2, 0) is 26.1 Å². The van der Waals surface area contributed by atoms with Gasteiger partial charge in [0.1, 0.15) is 0 Å². The zero-order valence-corrected chi connectivity index (χ0v) is 17.6. The third-order valence-corrected chi connectivity index (χ3v) is 5.97. The number of rotatable bonds is 6. The molecule has 1 aliphatic rings. The molecule has 2 aromatic rings. The van der Waals surface area contributed by atoms with E-state index >= 15 is 0 Å². The van der Waals surface area contributed by atoms with Crippen LogP contribution in [0.1, 0.15) is 21.5 Å². The van der Waals surface area contributed by atoms with Gasteiger partial charge in [-0.25, -0.2) is 18.4 Å². The van der Waals surface area contributed by atoms with Gasteiger partial charge in [0.2, 0.25) is 10.0 Å². The SMILES string of the molecule is Cc1ccc(S(N)(=O)=O)cc1C(=O)OCC(=O)N1CCN(Cc2ccccc2)CC1. The molecule has 30 heavy (non-hydrogen) atoms. The fourth-order valence-corrected chi connectivity index (χ4v) is 3.83. The fraction of sp³-hybridized carbons (Fsp3) is 0.333. The van der Waals surface area contributed by atoms with Gasteiger partial charge >= 0.3 is 5.97 Å². The Morgan fingerprint density at radius 1 is 1.03 bits per heavy atom. The molecule has 1 fully saturated rings. The monoisotopic (exact) mass is 431 g/mol. The van der Waals surface area contributed by atoms with E-state index in [-0.39, 0.29) is 16.4 Å². The number of nitrogens with zero attached hydrogens (tertiary/aromatic N) is 2. The smallest absolute Gasteiger partial charge is 0.338 e. The van der Waals surface area contributed by atoms with Gasteiger partial charge in [-0.3, -0.25) is 9.69 Å². The van der Waals surface area contributed by atoms with E-state index in [2.05, 4.69) is 17.0 Å². The van der Waals surface area contributed by atoms with E-state index in [1.54, 1.807) is 11.8 Å². The molecule has 3 rings (SSSR count). The fourth-order valence-electron chi connectivity index (χ4n) is 3.29. The lowest BCUT2D eigenvalue weighted by molar-refractivity contribution is -0.136. The van der Waals surface area contributed by atoms with Crippen molar-refractivity contribution in [2.24, 2.45) is 5.14 Å². The highest BCUT2D eigenvalue weighted by Gasteiger charge is 2.23. The van der Waals surface area contributed by atoms with Gasteiger partial charge in [0, 0.05) is 32.7 Å². The van der Waals surface area contributed by atoms with Gasteiger partial charge in [-0.2, -0.15) is 0 Å². The number of sulfonamides is 1. The summed E-state index contributed by atoms with van der Waals surface area (Å²) >= 11 is 0. The Balaban J connectivity index is 1.51. The third kappa shape index (κ3) is 5.65. The predicted octanol–water partition coefficient (Wildman–Crippen LogP) is 1.14. The van der Waals surface area contributed by atoms with Crippen molar-refractivity contribution in [2.45, 2.75) is 18.4 Å². The summed E-state index contributed by atoms with van der Waals surface area (Å²) in [6, 6.07) is 14.1. The van der Waals surface area contributed by atoms with Gasteiger partial charge in [-0.15, -0.1) is 0 Å². The van der Waals surface area contributed by atoms with Gasteiger partial charge in [-0.1, -0.05) is 36.4 Å². The highest BCUT2D eigenvalue weighted by Crippen LogP contribution is 2.16. The van der Waals surface area contributed by atoms with E-state index in [4.69, 9.17) is 9.88 Å². The minimum Gasteiger partial charge on any atom is -0.452 e. The molecule has 0 spiro atoms. The number of carbonyl (C=O) groups is 2. The molecule has 8 nitrogen and oxygen atoms in total. The standard InChI is InChI=1S/C21H25N3O5S/c1-16-7-8-18(30(22,27)28)13-19(16)21(26)29-15-20(25)24-11-9-23(10-12-24)14-17-5-3-2-4-6-17/h2-8,13H,9-12,14-15H2,1H3,(H2,22,27,28). The molecule has 0 aliphatic carbocycles. The van der Waals surface area contributed by atoms with Crippen LogP contribution in [0, 0.1) is 6.92 Å². The molecule has 9 heteroatoms. The molecule has 0 radical (unpaired) electrons. The Hall–Kier alpha value is -2.75. The molecule has 0 aromatic heterocycles. The molecule has 0 bridgehead atoms. The summed E-state index contributed by atoms with van der Waals surface area (Å²) in [6.07, 6.45) is 0. The molecule has 1 saturated heterocycles. The second-order valence-corrected chi connectivity index (χ2v) is 8.80. The van der Waals surface area contributed by atoms with E-state index in [1.165, 1.54) is 23.8 Å². The first-order valence-corrected chi connectivity index (χ1v) is 11.1. The summed E-state index contributed by atoms with van der Waals surface area (Å²) in [4.78, 5) is 28.5. The number of nitrogens with two attached hydrogens (primary N) is 1. The zero-order chi connectivity index (χ0) is 21.7. The first-order chi connectivity index (χ1) is 14.2. The van der Waals surface area contributed by atoms with Crippen molar-refractivity contribution in [3.05, 3.63) is 65.2 Å². The lowest BCUT2D eigenvalue weighted by Gasteiger charge is -2.34. The van der Waals surface area contributed by atoms with Crippen LogP contribution in [0.2, 0.25) is 0 Å². The van der Waals surface area contributed by atoms with Crippen molar-refractivity contribution in [1.82, 2.24) is 9.80 Å². The summed E-state index contributed by atoms with van der Waals surface area (Å²) in [6.45, 7) is 4.69. The molecule has 0 saturated carbocycles. The summed E-state index contributed by atoms with van der Waals surface area (Å²) in [7, 11) is -3.94. The number of benzene rings is 2. The quantitative estimate of drug-likeness (QED) is 0.687. The van der Waals surface area contributed by atoms with Gasteiger partial charge in [-0.05, 0) is 30.2 Å². The highest BCUT2D eigenvalue weighted by molar-refractivity contribution is 7.89. The largest absolute Gasteiger partial charge is 0.452 e. The Labute approximate surface area is 176 Å². The minimum atomic E-state index is -3.94. The molecule has 1 amide bonds. The molecule has 2 aromatic carbocycles. The molecular weight excluding hydrogens is 406 g/mol. The first-order valence-electron chi connectivity index (χ1n) is 9.58.